The smallest absolute Gasteiger partial charge is 0.340 e. The van der Waals surface area contributed by atoms with Crippen molar-refractivity contribution in [2.45, 2.75) is 33.3 Å². The molecule has 11 nitrogen and oxygen atoms in total. The van der Waals surface area contributed by atoms with Crippen molar-refractivity contribution in [3.63, 3.8) is 0 Å². The molecule has 0 aliphatic carbocycles. The first-order chi connectivity index (χ1) is 16.9. The summed E-state index contributed by atoms with van der Waals surface area (Å²) in [6.07, 6.45) is 0. The van der Waals surface area contributed by atoms with Crippen molar-refractivity contribution < 1.29 is 43.1 Å². The van der Waals surface area contributed by atoms with Crippen molar-refractivity contribution in [1.82, 2.24) is 9.80 Å². The highest BCUT2D eigenvalue weighted by Crippen LogP contribution is 2.27. The first-order valence-electron chi connectivity index (χ1n) is 10.5. The number of benzene rings is 2. The van der Waals surface area contributed by atoms with Gasteiger partial charge in [-0.3, -0.25) is 33.6 Å². The quantitative estimate of drug-likeness (QED) is 0.329. The Morgan fingerprint density at radius 3 is 1.22 bits per heavy atom. The van der Waals surface area contributed by atoms with E-state index in [1.165, 1.54) is 54.6 Å². The van der Waals surface area contributed by atoms with Crippen molar-refractivity contribution in [1.29, 1.82) is 0 Å². The van der Waals surface area contributed by atoms with Crippen LogP contribution >= 0.6 is 0 Å². The number of carbonyl (C=O) groups is 8. The largest absolute Gasteiger partial charge is 0.426 e. The molecular formula is C25H22N2O9. The second kappa shape index (κ2) is 11.1. The average Bonchev–Trinajstić information content (AvgIpc) is 2.82. The Morgan fingerprint density at radius 2 is 0.889 bits per heavy atom. The van der Waals surface area contributed by atoms with Gasteiger partial charge in [0.25, 0.3) is 11.8 Å². The lowest BCUT2D eigenvalue weighted by Crippen LogP contribution is -2.67. The van der Waals surface area contributed by atoms with Gasteiger partial charge in [-0.15, -0.1) is 0 Å². The molecule has 0 saturated carbocycles. The second-order valence-electron chi connectivity index (χ2n) is 7.49. The predicted octanol–water partition coefficient (Wildman–Crippen LogP) is 1.31. The molecule has 11 heteroatoms. The first kappa shape index (κ1) is 27.4. The number of hydrogen-bond donors (Lipinski definition) is 0. The van der Waals surface area contributed by atoms with E-state index in [2.05, 4.69) is 0 Å². The van der Waals surface area contributed by atoms with Crippen molar-refractivity contribution in [3.8, 4) is 0 Å². The van der Waals surface area contributed by atoms with Crippen LogP contribution in [0.3, 0.4) is 0 Å². The summed E-state index contributed by atoms with van der Waals surface area (Å²) in [5.74, 6) is -11.4. The molecule has 0 aliphatic rings. The topological polar surface area (TPSA) is 152 Å². The highest BCUT2D eigenvalue weighted by molar-refractivity contribution is 6.38. The number of ketones is 1. The Labute approximate surface area is 205 Å². The van der Waals surface area contributed by atoms with Crippen LogP contribution in [0.2, 0.25) is 0 Å². The normalized spacial score (nSPS) is 10.6. The number of imide groups is 6. The maximum Gasteiger partial charge on any atom is 0.340 e. The highest BCUT2D eigenvalue weighted by atomic mass is 16.6. The standard InChI is InChI=1S/C25H22N2O9/c1-15(28)26(16(2)29)23(34)25(21(32)19-11-7-5-8-12-19,24(35)27(17(3)30)18(4)31)36-22(33)20-13-9-6-10-14-20/h5-14H,1-4H3. The summed E-state index contributed by atoms with van der Waals surface area (Å²) in [4.78, 5) is 103. The van der Waals surface area contributed by atoms with Gasteiger partial charge in [-0.2, -0.15) is 0 Å². The van der Waals surface area contributed by atoms with Gasteiger partial charge >= 0.3 is 11.6 Å². The zero-order chi connectivity index (χ0) is 27.2. The molecule has 0 heterocycles. The molecular weight excluding hydrogens is 472 g/mol. The van der Waals surface area contributed by atoms with E-state index in [9.17, 15) is 38.4 Å². The first-order valence-corrected chi connectivity index (χ1v) is 10.5. The molecule has 2 aromatic carbocycles. The van der Waals surface area contributed by atoms with Gasteiger partial charge in [0, 0.05) is 33.3 Å². The predicted molar refractivity (Wildman–Crippen MR) is 122 cm³/mol. The Kier molecular flexibility index (Phi) is 8.45. The summed E-state index contributed by atoms with van der Waals surface area (Å²) in [5.41, 5.74) is -4.18. The molecule has 0 N–H and O–H groups in total. The minimum Gasteiger partial charge on any atom is -0.426 e. The number of rotatable bonds is 6. The van der Waals surface area contributed by atoms with Crippen molar-refractivity contribution in [3.05, 3.63) is 71.8 Å². The Hall–Kier alpha value is -4.80. The summed E-state index contributed by atoms with van der Waals surface area (Å²) < 4.78 is 5.25. The Morgan fingerprint density at radius 1 is 0.556 bits per heavy atom. The molecule has 186 valence electrons. The van der Waals surface area contributed by atoms with Crippen LogP contribution in [0, 0.1) is 0 Å². The SMILES string of the molecule is CC(=O)N(C(C)=O)C(=O)C(OC(=O)c1ccccc1)(C(=O)c1ccccc1)C(=O)N(C(C)=O)C(C)=O. The highest BCUT2D eigenvalue weighted by Gasteiger charge is 2.62. The van der Waals surface area contributed by atoms with Crippen LogP contribution in [0.15, 0.2) is 60.7 Å². The fraction of sp³-hybridized carbons (Fsp3) is 0.200. The van der Waals surface area contributed by atoms with Gasteiger partial charge < -0.3 is 4.74 Å². The fourth-order valence-electron chi connectivity index (χ4n) is 3.31. The Bertz CT molecular complexity index is 1180. The number of ether oxygens (including phenoxy) is 1. The summed E-state index contributed by atoms with van der Waals surface area (Å²) in [6.45, 7) is 3.20. The minimum absolute atomic E-state index is 0.0739. The monoisotopic (exact) mass is 494 g/mol. The number of Topliss-reactive ketones (excluding diaryl/α,β-unsaturated/α-hetero) is 1. The summed E-state index contributed by atoms with van der Waals surface area (Å²) in [6, 6.07) is 13.5. The number of carbonyl (C=O) groups excluding carboxylic acids is 8. The van der Waals surface area contributed by atoms with E-state index >= 15 is 0 Å². The molecule has 0 atom stereocenters. The van der Waals surface area contributed by atoms with Gasteiger partial charge in [0.05, 0.1) is 5.56 Å². The molecule has 0 radical (unpaired) electrons. The van der Waals surface area contributed by atoms with Crippen LogP contribution in [0.4, 0.5) is 0 Å². The van der Waals surface area contributed by atoms with E-state index in [-0.39, 0.29) is 20.9 Å². The van der Waals surface area contributed by atoms with Crippen molar-refractivity contribution >= 4 is 47.2 Å². The van der Waals surface area contributed by atoms with E-state index < -0.39 is 52.8 Å². The molecule has 2 aromatic rings. The van der Waals surface area contributed by atoms with Gasteiger partial charge in [0.1, 0.15) is 0 Å². The molecule has 0 fully saturated rings. The van der Waals surface area contributed by atoms with E-state index in [1.807, 2.05) is 0 Å². The lowest BCUT2D eigenvalue weighted by molar-refractivity contribution is -0.169. The average molecular weight is 494 g/mol. The second-order valence-corrected chi connectivity index (χ2v) is 7.49. The van der Waals surface area contributed by atoms with E-state index in [4.69, 9.17) is 4.74 Å². The van der Waals surface area contributed by atoms with Crippen molar-refractivity contribution in [2.75, 3.05) is 0 Å². The number of nitrogens with zero attached hydrogens (tertiary/aromatic N) is 2. The van der Waals surface area contributed by atoms with E-state index in [0.29, 0.717) is 0 Å². The summed E-state index contributed by atoms with van der Waals surface area (Å²) >= 11 is 0. The van der Waals surface area contributed by atoms with Crippen LogP contribution in [0.25, 0.3) is 0 Å². The molecule has 0 saturated heterocycles. The van der Waals surface area contributed by atoms with Gasteiger partial charge in [0.2, 0.25) is 29.4 Å². The van der Waals surface area contributed by atoms with Crippen LogP contribution in [-0.4, -0.2) is 62.6 Å². The Balaban J connectivity index is 2.95. The molecule has 0 aromatic heterocycles. The molecule has 0 unspecified atom stereocenters. The van der Waals surface area contributed by atoms with Crippen LogP contribution in [0.1, 0.15) is 48.4 Å². The lowest BCUT2D eigenvalue weighted by Gasteiger charge is -2.34. The van der Waals surface area contributed by atoms with Gasteiger partial charge in [-0.1, -0.05) is 48.5 Å². The third-order valence-corrected chi connectivity index (χ3v) is 4.88. The number of hydrogen-bond acceptors (Lipinski definition) is 9. The number of amides is 6. The molecule has 6 amide bonds. The maximum atomic E-state index is 13.8. The van der Waals surface area contributed by atoms with Crippen LogP contribution < -0.4 is 0 Å². The van der Waals surface area contributed by atoms with Gasteiger partial charge in [0.15, 0.2) is 0 Å². The zero-order valence-corrected chi connectivity index (χ0v) is 19.8. The molecule has 2 rings (SSSR count). The maximum absolute atomic E-state index is 13.8. The minimum atomic E-state index is -3.62. The molecule has 0 aliphatic heterocycles. The van der Waals surface area contributed by atoms with Gasteiger partial charge in [-0.25, -0.2) is 14.6 Å². The molecule has 36 heavy (non-hydrogen) atoms. The summed E-state index contributed by atoms with van der Waals surface area (Å²) in [5, 5.41) is 0. The van der Waals surface area contributed by atoms with Gasteiger partial charge in [-0.05, 0) is 12.1 Å². The van der Waals surface area contributed by atoms with Crippen molar-refractivity contribution in [2.24, 2.45) is 0 Å². The zero-order valence-electron chi connectivity index (χ0n) is 19.8. The lowest BCUT2D eigenvalue weighted by atomic mass is 9.88. The third kappa shape index (κ3) is 5.30. The van der Waals surface area contributed by atoms with E-state index in [1.54, 1.807) is 6.07 Å². The van der Waals surface area contributed by atoms with E-state index in [0.717, 1.165) is 27.7 Å². The van der Waals surface area contributed by atoms with Crippen LogP contribution in [-0.2, 0) is 33.5 Å². The molecule has 0 spiro atoms. The van der Waals surface area contributed by atoms with Crippen LogP contribution in [0.5, 0.6) is 0 Å². The molecule has 0 bridgehead atoms. The third-order valence-electron chi connectivity index (χ3n) is 4.88. The summed E-state index contributed by atoms with van der Waals surface area (Å²) in [7, 11) is 0. The fourth-order valence-corrected chi connectivity index (χ4v) is 3.31. The number of esters is 1.